The van der Waals surface area contributed by atoms with Gasteiger partial charge in [0.15, 0.2) is 0 Å². The summed E-state index contributed by atoms with van der Waals surface area (Å²) in [4.78, 5) is 23.8. The molecule has 0 unspecified atom stereocenters. The molecule has 3 aromatic rings. The van der Waals surface area contributed by atoms with Crippen molar-refractivity contribution in [1.82, 2.24) is 0 Å². The number of carbonyl (C=O) groups excluding carboxylic acids is 2. The van der Waals surface area contributed by atoms with Crippen LogP contribution < -0.4 is 5.32 Å². The normalized spacial score (nSPS) is 11.0. The van der Waals surface area contributed by atoms with Crippen LogP contribution in [0, 0.1) is 0 Å². The molecule has 0 saturated carbocycles. The van der Waals surface area contributed by atoms with Crippen LogP contribution >= 0.6 is 0 Å². The lowest BCUT2D eigenvalue weighted by Gasteiger charge is -2.09. The van der Waals surface area contributed by atoms with Crippen molar-refractivity contribution in [2.24, 2.45) is 0 Å². The molecule has 0 atom stereocenters. The van der Waals surface area contributed by atoms with Gasteiger partial charge in [-0.2, -0.15) is 0 Å². The van der Waals surface area contributed by atoms with Crippen molar-refractivity contribution in [3.05, 3.63) is 95.6 Å². The Kier molecular flexibility index (Phi) is 8.15. The number of benzene rings is 3. The van der Waals surface area contributed by atoms with Gasteiger partial charge >= 0.3 is 11.9 Å². The molecular formula is C26H27N2O4+. The van der Waals surface area contributed by atoms with Gasteiger partial charge in [-0.05, 0) is 67.9 Å². The fourth-order valence-corrected chi connectivity index (χ4v) is 3.06. The highest BCUT2D eigenvalue weighted by Crippen LogP contribution is 2.17. The monoisotopic (exact) mass is 431 g/mol. The maximum Gasteiger partial charge on any atom is 0.338 e. The van der Waals surface area contributed by atoms with Crippen LogP contribution in [-0.4, -0.2) is 36.1 Å². The van der Waals surface area contributed by atoms with Gasteiger partial charge in [-0.1, -0.05) is 30.3 Å². The first-order chi connectivity index (χ1) is 15.6. The van der Waals surface area contributed by atoms with Crippen LogP contribution in [0.25, 0.3) is 0 Å². The Labute approximate surface area is 188 Å². The minimum absolute atomic E-state index is 0.336. The molecule has 0 aliphatic carbocycles. The maximum atomic E-state index is 12.0. The topological polar surface area (TPSA) is 67.6 Å². The Morgan fingerprint density at radius 2 is 1.31 bits per heavy atom. The lowest BCUT2D eigenvalue weighted by atomic mass is 10.2. The summed E-state index contributed by atoms with van der Waals surface area (Å²) in [6.07, 6.45) is 1.87. The maximum absolute atomic E-state index is 12.0. The van der Waals surface area contributed by atoms with E-state index in [2.05, 4.69) is 17.4 Å². The van der Waals surface area contributed by atoms with E-state index in [1.807, 2.05) is 53.4 Å². The minimum Gasteiger partial charge on any atom is -0.462 e. The summed E-state index contributed by atoms with van der Waals surface area (Å²) in [5.74, 6) is -0.673. The predicted molar refractivity (Wildman–Crippen MR) is 125 cm³/mol. The van der Waals surface area contributed by atoms with E-state index >= 15 is 0 Å². The molecule has 0 bridgehead atoms. The van der Waals surface area contributed by atoms with E-state index in [-0.39, 0.29) is 11.9 Å². The standard InChI is InChI=1S/C26H26N2O4/c1-3-31-25(29)21-10-14-23(15-11-21)27-19-28(18-20-8-6-5-7-9-20)24-16-12-22(13-17-24)26(30)32-4-2/h5-17,19H,3-4,18H2,1-2H3/p+1. The minimum atomic E-state index is -0.338. The lowest BCUT2D eigenvalue weighted by molar-refractivity contribution is -0.453. The predicted octanol–water partition coefficient (Wildman–Crippen LogP) is 5.02. The van der Waals surface area contributed by atoms with Crippen LogP contribution in [0.3, 0.4) is 0 Å². The first-order valence-electron chi connectivity index (χ1n) is 10.6. The smallest absolute Gasteiger partial charge is 0.338 e. The van der Waals surface area contributed by atoms with Gasteiger partial charge < -0.3 is 9.47 Å². The fraction of sp³-hybridized carbons (Fsp3) is 0.192. The summed E-state index contributed by atoms with van der Waals surface area (Å²) in [7, 11) is 0. The molecule has 164 valence electrons. The highest BCUT2D eigenvalue weighted by molar-refractivity contribution is 5.90. The van der Waals surface area contributed by atoms with E-state index in [4.69, 9.17) is 9.47 Å². The van der Waals surface area contributed by atoms with Crippen molar-refractivity contribution in [3.8, 4) is 0 Å². The Hall–Kier alpha value is -3.93. The van der Waals surface area contributed by atoms with Crippen molar-refractivity contribution in [3.63, 3.8) is 0 Å². The average molecular weight is 432 g/mol. The molecule has 0 aliphatic heterocycles. The van der Waals surface area contributed by atoms with Gasteiger partial charge in [-0.25, -0.2) is 19.5 Å². The van der Waals surface area contributed by atoms with Gasteiger partial charge in [0.25, 0.3) is 0 Å². The molecule has 0 spiro atoms. The number of esters is 2. The van der Waals surface area contributed by atoms with Crippen LogP contribution in [0.2, 0.25) is 0 Å². The quantitative estimate of drug-likeness (QED) is 0.223. The van der Waals surface area contributed by atoms with Crippen molar-refractivity contribution >= 4 is 29.7 Å². The Bertz CT molecular complexity index is 1060. The summed E-state index contributed by atoms with van der Waals surface area (Å²) in [6.45, 7) is 4.88. The Balaban J connectivity index is 1.82. The lowest BCUT2D eigenvalue weighted by Crippen LogP contribution is -2.13. The number of rotatable bonds is 9. The zero-order valence-electron chi connectivity index (χ0n) is 18.3. The van der Waals surface area contributed by atoms with E-state index in [0.29, 0.717) is 30.9 Å². The second-order valence-corrected chi connectivity index (χ2v) is 6.95. The highest BCUT2D eigenvalue weighted by Gasteiger charge is 2.11. The Morgan fingerprint density at radius 1 is 0.781 bits per heavy atom. The molecule has 0 saturated heterocycles. The number of hydrogen-bond acceptors (Lipinski definition) is 4. The second kappa shape index (κ2) is 11.5. The molecule has 1 N–H and O–H groups in total. The third-order valence-electron chi connectivity index (χ3n) is 4.69. The molecular weight excluding hydrogens is 404 g/mol. The summed E-state index contributed by atoms with van der Waals surface area (Å²) in [5, 5.41) is 3.28. The first kappa shape index (κ1) is 22.7. The highest BCUT2D eigenvalue weighted by atomic mass is 16.5. The number of ether oxygens (including phenoxy) is 2. The SMILES string of the molecule is CCOC(=O)c1ccc(NC=[N+](Cc2ccccc2)c2ccc(C(=O)OCC)cc2)cc1. The van der Waals surface area contributed by atoms with E-state index in [0.717, 1.165) is 16.9 Å². The molecule has 0 aliphatic rings. The molecule has 6 heteroatoms. The molecule has 32 heavy (non-hydrogen) atoms. The summed E-state index contributed by atoms with van der Waals surface area (Å²) < 4.78 is 12.1. The van der Waals surface area contributed by atoms with Crippen LogP contribution in [0.5, 0.6) is 0 Å². The zero-order chi connectivity index (χ0) is 22.8. The molecule has 0 aromatic heterocycles. The van der Waals surface area contributed by atoms with Crippen molar-refractivity contribution in [1.29, 1.82) is 0 Å². The number of anilines is 1. The molecule has 0 heterocycles. The summed E-state index contributed by atoms with van der Waals surface area (Å²) >= 11 is 0. The molecule has 0 amide bonds. The van der Waals surface area contributed by atoms with Gasteiger partial charge in [0.2, 0.25) is 6.34 Å². The molecule has 6 nitrogen and oxygen atoms in total. The van der Waals surface area contributed by atoms with Gasteiger partial charge in [0.1, 0.15) is 17.9 Å². The molecule has 0 radical (unpaired) electrons. The van der Waals surface area contributed by atoms with Crippen LogP contribution in [-0.2, 0) is 16.0 Å². The van der Waals surface area contributed by atoms with Crippen molar-refractivity contribution < 1.29 is 23.6 Å². The van der Waals surface area contributed by atoms with Crippen molar-refractivity contribution in [2.75, 3.05) is 18.5 Å². The summed E-state index contributed by atoms with van der Waals surface area (Å²) in [6, 6.07) is 24.5. The van der Waals surface area contributed by atoms with E-state index in [9.17, 15) is 9.59 Å². The van der Waals surface area contributed by atoms with Gasteiger partial charge in [-0.15, -0.1) is 0 Å². The summed E-state index contributed by atoms with van der Waals surface area (Å²) in [5.41, 5.74) is 3.90. The first-order valence-corrected chi connectivity index (χ1v) is 10.6. The van der Waals surface area contributed by atoms with Gasteiger partial charge in [0.05, 0.1) is 24.3 Å². The number of nitrogens with zero attached hydrogens (tertiary/aromatic N) is 1. The average Bonchev–Trinajstić information content (AvgIpc) is 2.83. The van der Waals surface area contributed by atoms with Crippen LogP contribution in [0.15, 0.2) is 78.9 Å². The van der Waals surface area contributed by atoms with Gasteiger partial charge in [-0.3, -0.25) is 0 Å². The zero-order valence-corrected chi connectivity index (χ0v) is 18.3. The number of carbonyl (C=O) groups is 2. The van der Waals surface area contributed by atoms with Crippen LogP contribution in [0.1, 0.15) is 40.1 Å². The van der Waals surface area contributed by atoms with Crippen LogP contribution in [0.4, 0.5) is 11.4 Å². The van der Waals surface area contributed by atoms with Gasteiger partial charge in [0, 0.05) is 0 Å². The largest absolute Gasteiger partial charge is 0.462 e. The Morgan fingerprint density at radius 3 is 1.84 bits per heavy atom. The number of hydrogen-bond donors (Lipinski definition) is 1. The third-order valence-corrected chi connectivity index (χ3v) is 4.69. The number of nitrogens with one attached hydrogen (secondary N) is 1. The van der Waals surface area contributed by atoms with E-state index in [1.54, 1.807) is 38.1 Å². The fourth-order valence-electron chi connectivity index (χ4n) is 3.06. The third kappa shape index (κ3) is 6.28. The van der Waals surface area contributed by atoms with E-state index < -0.39 is 0 Å². The molecule has 3 aromatic carbocycles. The molecule has 3 rings (SSSR count). The van der Waals surface area contributed by atoms with Crippen molar-refractivity contribution in [2.45, 2.75) is 20.4 Å². The molecule has 0 fully saturated rings. The second-order valence-electron chi connectivity index (χ2n) is 6.95. The van der Waals surface area contributed by atoms with E-state index in [1.165, 1.54) is 0 Å².